The highest BCUT2D eigenvalue weighted by Gasteiger charge is 2.21. The Bertz CT molecular complexity index is 194. The topological polar surface area (TPSA) is 32.3 Å². The van der Waals surface area contributed by atoms with Crippen molar-refractivity contribution in [1.82, 2.24) is 10.2 Å². The van der Waals surface area contributed by atoms with Crippen LogP contribution in [0.4, 0.5) is 0 Å². The molecule has 1 heterocycles. The van der Waals surface area contributed by atoms with E-state index >= 15 is 0 Å². The number of nitrogens with zero attached hydrogens (tertiary/aromatic N) is 1. The van der Waals surface area contributed by atoms with Crippen molar-refractivity contribution in [3.63, 3.8) is 0 Å². The Morgan fingerprint density at radius 3 is 2.93 bits per heavy atom. The fourth-order valence-electron chi connectivity index (χ4n) is 1.73. The van der Waals surface area contributed by atoms with Crippen LogP contribution in [0.25, 0.3) is 0 Å². The van der Waals surface area contributed by atoms with E-state index in [9.17, 15) is 4.79 Å². The Labute approximate surface area is 86.9 Å². The minimum absolute atomic E-state index is 0.327. The van der Waals surface area contributed by atoms with Crippen LogP contribution in [0.2, 0.25) is 0 Å². The van der Waals surface area contributed by atoms with Crippen LogP contribution in [0.15, 0.2) is 0 Å². The third-order valence-corrected chi connectivity index (χ3v) is 2.94. The highest BCUT2D eigenvalue weighted by Crippen LogP contribution is 2.10. The number of hydrogen-bond acceptors (Lipinski definition) is 2. The van der Waals surface area contributed by atoms with Gasteiger partial charge >= 0.3 is 0 Å². The number of piperazine rings is 1. The van der Waals surface area contributed by atoms with E-state index in [-0.39, 0.29) is 0 Å². The first-order valence-corrected chi connectivity index (χ1v) is 5.64. The van der Waals surface area contributed by atoms with Crippen molar-refractivity contribution in [2.24, 2.45) is 5.92 Å². The Morgan fingerprint density at radius 2 is 2.36 bits per heavy atom. The van der Waals surface area contributed by atoms with Gasteiger partial charge in [0, 0.05) is 32.1 Å². The van der Waals surface area contributed by atoms with Gasteiger partial charge in [0.05, 0.1) is 0 Å². The first kappa shape index (κ1) is 11.5. The summed E-state index contributed by atoms with van der Waals surface area (Å²) < 4.78 is 0. The Morgan fingerprint density at radius 1 is 1.64 bits per heavy atom. The van der Waals surface area contributed by atoms with Gasteiger partial charge in [-0.1, -0.05) is 20.3 Å². The van der Waals surface area contributed by atoms with Crippen molar-refractivity contribution < 1.29 is 4.79 Å². The molecule has 1 aliphatic heterocycles. The van der Waals surface area contributed by atoms with E-state index in [1.165, 1.54) is 0 Å². The molecule has 1 amide bonds. The molecule has 0 bridgehead atoms. The van der Waals surface area contributed by atoms with Crippen molar-refractivity contribution in [2.75, 3.05) is 19.6 Å². The number of nitrogens with one attached hydrogen (secondary N) is 1. The van der Waals surface area contributed by atoms with E-state index in [2.05, 4.69) is 26.1 Å². The normalized spacial score (nSPS) is 24.8. The average Bonchev–Trinajstić information content (AvgIpc) is 2.17. The second kappa shape index (κ2) is 5.35. The summed E-state index contributed by atoms with van der Waals surface area (Å²) in [5.41, 5.74) is 0. The lowest BCUT2D eigenvalue weighted by Gasteiger charge is -2.32. The van der Waals surface area contributed by atoms with Crippen LogP contribution in [-0.4, -0.2) is 36.5 Å². The third kappa shape index (κ3) is 3.29. The summed E-state index contributed by atoms with van der Waals surface area (Å²) in [6, 6.07) is 0.449. The highest BCUT2D eigenvalue weighted by atomic mass is 16.2. The van der Waals surface area contributed by atoms with Crippen LogP contribution < -0.4 is 5.32 Å². The Kier molecular flexibility index (Phi) is 4.39. The first-order chi connectivity index (χ1) is 6.63. The number of amides is 1. The van der Waals surface area contributed by atoms with Crippen LogP contribution in [0.3, 0.4) is 0 Å². The molecule has 1 rings (SSSR count). The number of hydrogen-bond donors (Lipinski definition) is 1. The SMILES string of the molecule is CCC(C)CC(=O)N1CCN[C@@H](C)C1. The molecule has 2 atom stereocenters. The Balaban J connectivity index is 2.36. The van der Waals surface area contributed by atoms with Crippen molar-refractivity contribution >= 4 is 5.91 Å². The zero-order valence-electron chi connectivity index (χ0n) is 9.55. The van der Waals surface area contributed by atoms with E-state index in [1.807, 2.05) is 4.90 Å². The summed E-state index contributed by atoms with van der Waals surface area (Å²) in [5.74, 6) is 0.848. The van der Waals surface area contributed by atoms with E-state index < -0.39 is 0 Å². The highest BCUT2D eigenvalue weighted by molar-refractivity contribution is 5.76. The molecule has 3 heteroatoms. The molecule has 0 spiro atoms. The molecule has 1 aliphatic rings. The Hall–Kier alpha value is -0.570. The van der Waals surface area contributed by atoms with Crippen molar-refractivity contribution in [1.29, 1.82) is 0 Å². The van der Waals surface area contributed by atoms with Gasteiger partial charge in [-0.15, -0.1) is 0 Å². The van der Waals surface area contributed by atoms with Crippen molar-refractivity contribution in [3.05, 3.63) is 0 Å². The second-order valence-corrected chi connectivity index (χ2v) is 4.41. The van der Waals surface area contributed by atoms with Gasteiger partial charge in [0.1, 0.15) is 0 Å². The van der Waals surface area contributed by atoms with E-state index in [4.69, 9.17) is 0 Å². The molecule has 1 unspecified atom stereocenters. The van der Waals surface area contributed by atoms with Crippen LogP contribution >= 0.6 is 0 Å². The van der Waals surface area contributed by atoms with E-state index in [0.717, 1.165) is 26.1 Å². The summed E-state index contributed by atoms with van der Waals surface area (Å²) in [6.45, 7) is 9.09. The molecule has 1 N–H and O–H groups in total. The average molecular weight is 198 g/mol. The molecule has 3 nitrogen and oxygen atoms in total. The molecule has 1 fully saturated rings. The molecule has 0 radical (unpaired) electrons. The molecule has 82 valence electrons. The van der Waals surface area contributed by atoms with Crippen LogP contribution in [-0.2, 0) is 4.79 Å². The largest absolute Gasteiger partial charge is 0.340 e. The predicted octanol–water partition coefficient (Wildman–Crippen LogP) is 1.24. The van der Waals surface area contributed by atoms with Gasteiger partial charge in [0.15, 0.2) is 0 Å². The number of carbonyl (C=O) groups excluding carboxylic acids is 1. The summed E-state index contributed by atoms with van der Waals surface area (Å²) in [7, 11) is 0. The molecule has 0 aliphatic carbocycles. The molecule has 1 saturated heterocycles. The van der Waals surface area contributed by atoms with Crippen LogP contribution in [0.1, 0.15) is 33.6 Å². The maximum Gasteiger partial charge on any atom is 0.222 e. The minimum atomic E-state index is 0.327. The van der Waals surface area contributed by atoms with Gasteiger partial charge in [-0.3, -0.25) is 4.79 Å². The first-order valence-electron chi connectivity index (χ1n) is 5.64. The van der Waals surface area contributed by atoms with Gasteiger partial charge in [-0.2, -0.15) is 0 Å². The maximum atomic E-state index is 11.8. The van der Waals surface area contributed by atoms with Gasteiger partial charge in [0.25, 0.3) is 0 Å². The third-order valence-electron chi connectivity index (χ3n) is 2.94. The predicted molar refractivity (Wildman–Crippen MR) is 58.1 cm³/mol. The quantitative estimate of drug-likeness (QED) is 0.740. The zero-order chi connectivity index (χ0) is 10.6. The lowest BCUT2D eigenvalue weighted by molar-refractivity contribution is -0.133. The standard InChI is InChI=1S/C11H22N2O/c1-4-9(2)7-11(14)13-6-5-12-10(3)8-13/h9-10,12H,4-8H2,1-3H3/t9?,10-/m0/s1. The number of rotatable bonds is 3. The summed E-state index contributed by atoms with van der Waals surface area (Å²) in [4.78, 5) is 13.8. The van der Waals surface area contributed by atoms with Gasteiger partial charge in [0.2, 0.25) is 5.91 Å². The minimum Gasteiger partial charge on any atom is -0.340 e. The second-order valence-electron chi connectivity index (χ2n) is 4.41. The van der Waals surface area contributed by atoms with Crippen LogP contribution in [0, 0.1) is 5.92 Å². The molecule has 0 aromatic carbocycles. The molecular weight excluding hydrogens is 176 g/mol. The maximum absolute atomic E-state index is 11.8. The summed E-state index contributed by atoms with van der Waals surface area (Å²) >= 11 is 0. The van der Waals surface area contributed by atoms with E-state index in [0.29, 0.717) is 24.3 Å². The monoisotopic (exact) mass is 198 g/mol. The lowest BCUT2D eigenvalue weighted by Crippen LogP contribution is -2.51. The van der Waals surface area contributed by atoms with E-state index in [1.54, 1.807) is 0 Å². The summed E-state index contributed by atoms with van der Waals surface area (Å²) in [5, 5.41) is 3.34. The molecular formula is C11H22N2O. The molecule has 0 aromatic rings. The zero-order valence-corrected chi connectivity index (χ0v) is 9.55. The summed E-state index contributed by atoms with van der Waals surface area (Å²) in [6.07, 6.45) is 1.80. The van der Waals surface area contributed by atoms with Gasteiger partial charge in [-0.05, 0) is 12.8 Å². The molecule has 14 heavy (non-hydrogen) atoms. The fourth-order valence-corrected chi connectivity index (χ4v) is 1.73. The van der Waals surface area contributed by atoms with Gasteiger partial charge < -0.3 is 10.2 Å². The van der Waals surface area contributed by atoms with Crippen molar-refractivity contribution in [3.8, 4) is 0 Å². The molecule has 0 saturated carbocycles. The number of carbonyl (C=O) groups is 1. The molecule has 0 aromatic heterocycles. The van der Waals surface area contributed by atoms with Crippen LogP contribution in [0.5, 0.6) is 0 Å². The lowest BCUT2D eigenvalue weighted by atomic mass is 10.0. The van der Waals surface area contributed by atoms with Gasteiger partial charge in [-0.25, -0.2) is 0 Å². The fraction of sp³-hybridized carbons (Fsp3) is 0.909. The smallest absolute Gasteiger partial charge is 0.222 e. The van der Waals surface area contributed by atoms with Crippen molar-refractivity contribution in [2.45, 2.75) is 39.7 Å².